The third kappa shape index (κ3) is 3.87. The van der Waals surface area contributed by atoms with Gasteiger partial charge in [-0.15, -0.1) is 0 Å². The number of hydrogen-bond acceptors (Lipinski definition) is 2. The molecule has 1 atom stereocenters. The molecule has 0 spiro atoms. The van der Waals surface area contributed by atoms with Gasteiger partial charge < -0.3 is 9.80 Å². The maximum Gasteiger partial charge on any atom is 0.246 e. The second kappa shape index (κ2) is 7.05. The largest absolute Gasteiger partial charge is 0.329 e. The molecule has 1 aliphatic heterocycles. The molecule has 25 heavy (non-hydrogen) atoms. The second-order valence-electron chi connectivity index (χ2n) is 6.52. The monoisotopic (exact) mass is 340 g/mol. The van der Waals surface area contributed by atoms with Crippen LogP contribution in [0.15, 0.2) is 48.5 Å². The molecule has 5 heteroatoms. The molecule has 2 aromatic carbocycles. The summed E-state index contributed by atoms with van der Waals surface area (Å²) in [6.45, 7) is 4.42. The number of anilines is 1. The minimum atomic E-state index is -0.362. The Balaban J connectivity index is 1.70. The predicted octanol–water partition coefficient (Wildman–Crippen LogP) is 2.94. The van der Waals surface area contributed by atoms with E-state index >= 15 is 0 Å². The molecule has 2 amide bonds. The van der Waals surface area contributed by atoms with Crippen LogP contribution in [-0.4, -0.2) is 35.8 Å². The molecule has 0 aromatic heterocycles. The molecule has 0 unspecified atom stereocenters. The molecule has 1 saturated heterocycles. The fourth-order valence-electron chi connectivity index (χ4n) is 3.08. The van der Waals surface area contributed by atoms with Gasteiger partial charge in [-0.3, -0.25) is 9.59 Å². The molecule has 1 aliphatic rings. The molecule has 1 fully saturated rings. The maximum absolute atomic E-state index is 13.3. The lowest BCUT2D eigenvalue weighted by Crippen LogP contribution is -2.57. The number of carbonyl (C=O) groups excluding carboxylic acids is 2. The minimum Gasteiger partial charge on any atom is -0.329 e. The van der Waals surface area contributed by atoms with Gasteiger partial charge in [-0.2, -0.15) is 0 Å². The van der Waals surface area contributed by atoms with E-state index < -0.39 is 0 Å². The lowest BCUT2D eigenvalue weighted by atomic mass is 10.1. The zero-order valence-electron chi connectivity index (χ0n) is 14.4. The Labute approximate surface area is 146 Å². The van der Waals surface area contributed by atoms with Crippen molar-refractivity contribution in [1.29, 1.82) is 0 Å². The summed E-state index contributed by atoms with van der Waals surface area (Å²) in [5, 5.41) is 0. The summed E-state index contributed by atoms with van der Waals surface area (Å²) < 4.78 is 13.3. The van der Waals surface area contributed by atoms with E-state index in [-0.39, 0.29) is 36.6 Å². The molecular weight excluding hydrogens is 319 g/mol. The van der Waals surface area contributed by atoms with Crippen LogP contribution in [0.2, 0.25) is 0 Å². The van der Waals surface area contributed by atoms with E-state index in [1.807, 2.05) is 38.1 Å². The zero-order chi connectivity index (χ0) is 18.0. The highest BCUT2D eigenvalue weighted by Gasteiger charge is 2.33. The normalized spacial score (nSPS) is 17.7. The van der Waals surface area contributed by atoms with Gasteiger partial charge in [0.05, 0.1) is 6.42 Å². The highest BCUT2D eigenvalue weighted by Crippen LogP contribution is 2.21. The van der Waals surface area contributed by atoms with Crippen LogP contribution in [0.4, 0.5) is 10.1 Å². The molecule has 0 radical (unpaired) electrons. The summed E-state index contributed by atoms with van der Waals surface area (Å²) in [7, 11) is 0. The fraction of sp³-hybridized carbons (Fsp3) is 0.300. The van der Waals surface area contributed by atoms with Crippen molar-refractivity contribution in [2.45, 2.75) is 26.3 Å². The van der Waals surface area contributed by atoms with Gasteiger partial charge in [0.25, 0.3) is 0 Å². The van der Waals surface area contributed by atoms with Crippen LogP contribution >= 0.6 is 0 Å². The molecule has 4 nitrogen and oxygen atoms in total. The first-order valence-corrected chi connectivity index (χ1v) is 8.35. The smallest absolute Gasteiger partial charge is 0.246 e. The van der Waals surface area contributed by atoms with Crippen LogP contribution < -0.4 is 4.90 Å². The summed E-state index contributed by atoms with van der Waals surface area (Å²) in [6.07, 6.45) is 0.0971. The van der Waals surface area contributed by atoms with Crippen molar-refractivity contribution in [1.82, 2.24) is 4.90 Å². The molecule has 0 aliphatic carbocycles. The van der Waals surface area contributed by atoms with Crippen molar-refractivity contribution >= 4 is 17.5 Å². The van der Waals surface area contributed by atoms with Gasteiger partial charge in [0.1, 0.15) is 12.4 Å². The lowest BCUT2D eigenvalue weighted by molar-refractivity contribution is -0.138. The van der Waals surface area contributed by atoms with Crippen LogP contribution in [-0.2, 0) is 16.0 Å². The third-order valence-corrected chi connectivity index (χ3v) is 4.50. The Bertz CT molecular complexity index is 789. The number of halogens is 1. The molecule has 0 bridgehead atoms. The van der Waals surface area contributed by atoms with E-state index in [0.29, 0.717) is 12.1 Å². The van der Waals surface area contributed by atoms with E-state index in [2.05, 4.69) is 0 Å². The molecule has 3 rings (SSSR count). The Morgan fingerprint density at radius 1 is 1.20 bits per heavy atom. The van der Waals surface area contributed by atoms with E-state index in [1.165, 1.54) is 12.1 Å². The summed E-state index contributed by atoms with van der Waals surface area (Å²) >= 11 is 0. The van der Waals surface area contributed by atoms with Crippen LogP contribution in [0.5, 0.6) is 0 Å². The SMILES string of the molecule is Cc1ccc(N2C[C@H](C)N(C(=O)Cc3cccc(F)c3)CC2=O)cc1. The Hall–Kier alpha value is -2.69. The number of amides is 2. The van der Waals surface area contributed by atoms with Crippen LogP contribution in [0.1, 0.15) is 18.1 Å². The average Bonchev–Trinajstić information content (AvgIpc) is 2.57. The van der Waals surface area contributed by atoms with Gasteiger partial charge in [-0.1, -0.05) is 29.8 Å². The summed E-state index contributed by atoms with van der Waals surface area (Å²) in [5.74, 6) is -0.622. The van der Waals surface area contributed by atoms with Crippen molar-refractivity contribution in [2.24, 2.45) is 0 Å². The Kier molecular flexibility index (Phi) is 4.83. The Morgan fingerprint density at radius 2 is 1.92 bits per heavy atom. The molecule has 130 valence electrons. The van der Waals surface area contributed by atoms with Gasteiger partial charge in [-0.25, -0.2) is 4.39 Å². The quantitative estimate of drug-likeness (QED) is 0.862. The van der Waals surface area contributed by atoms with Gasteiger partial charge in [0.15, 0.2) is 0 Å². The van der Waals surface area contributed by atoms with Crippen molar-refractivity contribution in [3.8, 4) is 0 Å². The molecule has 0 N–H and O–H groups in total. The van der Waals surface area contributed by atoms with Gasteiger partial charge in [0, 0.05) is 18.3 Å². The first-order chi connectivity index (χ1) is 11.9. The lowest BCUT2D eigenvalue weighted by Gasteiger charge is -2.39. The summed E-state index contributed by atoms with van der Waals surface area (Å²) in [6, 6.07) is 13.7. The number of aryl methyl sites for hydroxylation is 1. The predicted molar refractivity (Wildman–Crippen MR) is 94.8 cm³/mol. The third-order valence-electron chi connectivity index (χ3n) is 4.50. The first kappa shape index (κ1) is 17.1. The van der Waals surface area contributed by atoms with Crippen LogP contribution in [0, 0.1) is 12.7 Å². The fourth-order valence-corrected chi connectivity index (χ4v) is 3.08. The summed E-state index contributed by atoms with van der Waals surface area (Å²) in [4.78, 5) is 28.4. The van der Waals surface area contributed by atoms with Gasteiger partial charge in [0.2, 0.25) is 11.8 Å². The molecular formula is C20H21FN2O2. The van der Waals surface area contributed by atoms with Gasteiger partial charge in [-0.05, 0) is 43.7 Å². The van der Waals surface area contributed by atoms with E-state index in [9.17, 15) is 14.0 Å². The number of benzene rings is 2. The van der Waals surface area contributed by atoms with Crippen molar-refractivity contribution in [2.75, 3.05) is 18.0 Å². The zero-order valence-corrected chi connectivity index (χ0v) is 14.4. The van der Waals surface area contributed by atoms with Crippen molar-refractivity contribution in [3.05, 3.63) is 65.5 Å². The Morgan fingerprint density at radius 3 is 2.60 bits per heavy atom. The topological polar surface area (TPSA) is 40.6 Å². The van der Waals surface area contributed by atoms with E-state index in [0.717, 1.165) is 11.3 Å². The standard InChI is InChI=1S/C20H21FN2O2/c1-14-6-8-18(9-7-14)23-12-15(2)22(13-20(23)25)19(24)11-16-4-3-5-17(21)10-16/h3-10,15H,11-13H2,1-2H3/t15-/m0/s1. The number of rotatable bonds is 3. The van der Waals surface area contributed by atoms with Gasteiger partial charge >= 0.3 is 0 Å². The van der Waals surface area contributed by atoms with E-state index in [1.54, 1.807) is 21.9 Å². The number of carbonyl (C=O) groups is 2. The molecule has 2 aromatic rings. The molecule has 1 heterocycles. The molecule has 0 saturated carbocycles. The number of nitrogens with zero attached hydrogens (tertiary/aromatic N) is 2. The maximum atomic E-state index is 13.3. The van der Waals surface area contributed by atoms with Crippen LogP contribution in [0.25, 0.3) is 0 Å². The van der Waals surface area contributed by atoms with E-state index in [4.69, 9.17) is 0 Å². The highest BCUT2D eigenvalue weighted by atomic mass is 19.1. The van der Waals surface area contributed by atoms with Crippen molar-refractivity contribution in [3.63, 3.8) is 0 Å². The van der Waals surface area contributed by atoms with Crippen LogP contribution in [0.3, 0.4) is 0 Å². The second-order valence-corrected chi connectivity index (χ2v) is 6.52. The average molecular weight is 340 g/mol. The first-order valence-electron chi connectivity index (χ1n) is 8.35. The minimum absolute atomic E-state index is 0.0448. The number of hydrogen-bond donors (Lipinski definition) is 0. The van der Waals surface area contributed by atoms with Crippen molar-refractivity contribution < 1.29 is 14.0 Å². The summed E-state index contributed by atoms with van der Waals surface area (Å²) in [5.41, 5.74) is 2.60. The number of piperazine rings is 1. The highest BCUT2D eigenvalue weighted by molar-refractivity contribution is 5.98.